The molecular formula is C25H32N4O2. The van der Waals surface area contributed by atoms with Gasteiger partial charge in [-0.1, -0.05) is 42.0 Å². The molecule has 3 aromatic rings. The fraction of sp³-hybridized carbons (Fsp3) is 0.440. The van der Waals surface area contributed by atoms with Crippen molar-refractivity contribution >= 4 is 23.1 Å². The lowest BCUT2D eigenvalue weighted by Crippen LogP contribution is -2.55. The third kappa shape index (κ3) is 4.68. The standard InChI is InChI=1S/C25H32N4O2/c1-18-10-12-20(13-11-18)17-29-22-9-7-6-8-21(22)26-23(29)27-14-15-28(19(2)16-27)24(30)31-25(3,4)5/h6-13,19H,14-17H2,1-5H3. The van der Waals surface area contributed by atoms with Gasteiger partial charge in [0.15, 0.2) is 0 Å². The zero-order chi connectivity index (χ0) is 22.2. The quantitative estimate of drug-likeness (QED) is 0.608. The maximum atomic E-state index is 12.6. The van der Waals surface area contributed by atoms with E-state index in [1.165, 1.54) is 11.1 Å². The highest BCUT2D eigenvalue weighted by molar-refractivity contribution is 5.79. The first kappa shape index (κ1) is 21.2. The summed E-state index contributed by atoms with van der Waals surface area (Å²) in [6, 6.07) is 17.0. The third-order valence-corrected chi connectivity index (χ3v) is 5.63. The number of nitrogens with zero attached hydrogens (tertiary/aromatic N) is 4. The molecule has 1 amide bonds. The van der Waals surface area contributed by atoms with Gasteiger partial charge in [-0.2, -0.15) is 0 Å². The van der Waals surface area contributed by atoms with Crippen LogP contribution in [0.5, 0.6) is 0 Å². The van der Waals surface area contributed by atoms with Crippen LogP contribution in [0.1, 0.15) is 38.8 Å². The fourth-order valence-corrected chi connectivity index (χ4v) is 4.07. The van der Waals surface area contributed by atoms with Crippen LogP contribution in [-0.2, 0) is 11.3 Å². The Labute approximate surface area is 184 Å². The number of anilines is 1. The Bertz CT molecular complexity index is 1070. The van der Waals surface area contributed by atoms with Crippen molar-refractivity contribution in [3.05, 3.63) is 59.7 Å². The number of ether oxygens (including phenoxy) is 1. The average molecular weight is 421 g/mol. The summed E-state index contributed by atoms with van der Waals surface area (Å²) < 4.78 is 7.88. The highest BCUT2D eigenvalue weighted by Crippen LogP contribution is 2.26. The van der Waals surface area contributed by atoms with E-state index in [0.29, 0.717) is 6.54 Å². The van der Waals surface area contributed by atoms with Crippen molar-refractivity contribution in [2.75, 3.05) is 24.5 Å². The fourth-order valence-electron chi connectivity index (χ4n) is 4.07. The Morgan fingerprint density at radius 2 is 1.81 bits per heavy atom. The van der Waals surface area contributed by atoms with E-state index in [0.717, 1.165) is 36.6 Å². The molecule has 6 nitrogen and oxygen atoms in total. The lowest BCUT2D eigenvalue weighted by molar-refractivity contribution is 0.0158. The Morgan fingerprint density at radius 3 is 2.48 bits per heavy atom. The van der Waals surface area contributed by atoms with E-state index < -0.39 is 5.60 Å². The molecule has 2 aromatic carbocycles. The van der Waals surface area contributed by atoms with Crippen LogP contribution in [-0.4, -0.2) is 51.8 Å². The maximum absolute atomic E-state index is 12.6. The topological polar surface area (TPSA) is 50.6 Å². The van der Waals surface area contributed by atoms with E-state index in [-0.39, 0.29) is 12.1 Å². The normalized spacial score (nSPS) is 17.3. The first-order valence-corrected chi connectivity index (χ1v) is 11.0. The molecule has 6 heteroatoms. The van der Waals surface area contributed by atoms with Gasteiger partial charge in [-0.05, 0) is 52.3 Å². The number of hydrogen-bond acceptors (Lipinski definition) is 4. The summed E-state index contributed by atoms with van der Waals surface area (Å²) in [6.45, 7) is 12.7. The van der Waals surface area contributed by atoms with Gasteiger partial charge in [0, 0.05) is 25.7 Å². The van der Waals surface area contributed by atoms with Crippen LogP contribution >= 0.6 is 0 Å². The molecule has 2 heterocycles. The number of para-hydroxylation sites is 2. The summed E-state index contributed by atoms with van der Waals surface area (Å²) in [5, 5.41) is 0. The van der Waals surface area contributed by atoms with Gasteiger partial charge in [0.25, 0.3) is 0 Å². The molecule has 1 fully saturated rings. The van der Waals surface area contributed by atoms with Crippen LogP contribution in [0, 0.1) is 6.92 Å². The molecule has 0 aliphatic carbocycles. The smallest absolute Gasteiger partial charge is 0.410 e. The van der Waals surface area contributed by atoms with Crippen LogP contribution in [0.2, 0.25) is 0 Å². The monoisotopic (exact) mass is 420 g/mol. The lowest BCUT2D eigenvalue weighted by Gasteiger charge is -2.40. The first-order valence-electron chi connectivity index (χ1n) is 11.0. The van der Waals surface area contributed by atoms with Crippen LogP contribution in [0.4, 0.5) is 10.7 Å². The van der Waals surface area contributed by atoms with Gasteiger partial charge in [0.05, 0.1) is 17.6 Å². The highest BCUT2D eigenvalue weighted by Gasteiger charge is 2.32. The van der Waals surface area contributed by atoms with E-state index in [1.807, 2.05) is 31.7 Å². The number of benzene rings is 2. The maximum Gasteiger partial charge on any atom is 0.410 e. The molecular weight excluding hydrogens is 388 g/mol. The minimum Gasteiger partial charge on any atom is -0.444 e. The minimum absolute atomic E-state index is 0.0382. The van der Waals surface area contributed by atoms with E-state index in [1.54, 1.807) is 0 Å². The SMILES string of the molecule is Cc1ccc(Cn2c(N3CCN(C(=O)OC(C)(C)C)C(C)C3)nc3ccccc32)cc1. The zero-order valence-electron chi connectivity index (χ0n) is 19.1. The number of fused-ring (bicyclic) bond motifs is 1. The van der Waals surface area contributed by atoms with Crippen molar-refractivity contribution < 1.29 is 9.53 Å². The Morgan fingerprint density at radius 1 is 1.10 bits per heavy atom. The third-order valence-electron chi connectivity index (χ3n) is 5.63. The van der Waals surface area contributed by atoms with Crippen molar-refractivity contribution in [1.82, 2.24) is 14.5 Å². The van der Waals surface area contributed by atoms with Gasteiger partial charge in [-0.15, -0.1) is 0 Å². The number of carbonyl (C=O) groups excluding carboxylic acids is 1. The van der Waals surface area contributed by atoms with Crippen LogP contribution < -0.4 is 4.90 Å². The van der Waals surface area contributed by atoms with E-state index in [9.17, 15) is 4.79 Å². The predicted molar refractivity (Wildman–Crippen MR) is 125 cm³/mol. The molecule has 1 unspecified atom stereocenters. The number of amides is 1. The van der Waals surface area contributed by atoms with Gasteiger partial charge in [0.2, 0.25) is 5.95 Å². The van der Waals surface area contributed by atoms with E-state index >= 15 is 0 Å². The average Bonchev–Trinajstić information content (AvgIpc) is 3.07. The molecule has 0 bridgehead atoms. The Hall–Kier alpha value is -3.02. The number of imidazole rings is 1. The molecule has 0 N–H and O–H groups in total. The summed E-state index contributed by atoms with van der Waals surface area (Å²) in [6.07, 6.45) is -0.243. The number of hydrogen-bond donors (Lipinski definition) is 0. The van der Waals surface area contributed by atoms with Crippen molar-refractivity contribution in [3.8, 4) is 0 Å². The van der Waals surface area contributed by atoms with Gasteiger partial charge in [0.1, 0.15) is 5.60 Å². The summed E-state index contributed by atoms with van der Waals surface area (Å²) in [5.41, 5.74) is 4.13. The molecule has 4 rings (SSSR count). The number of aryl methyl sites for hydroxylation is 1. The van der Waals surface area contributed by atoms with Crippen LogP contribution in [0.15, 0.2) is 48.5 Å². The molecule has 1 saturated heterocycles. The highest BCUT2D eigenvalue weighted by atomic mass is 16.6. The summed E-state index contributed by atoms with van der Waals surface area (Å²) >= 11 is 0. The molecule has 1 atom stereocenters. The molecule has 0 spiro atoms. The Kier molecular flexibility index (Phi) is 5.65. The molecule has 0 saturated carbocycles. The van der Waals surface area contributed by atoms with E-state index in [4.69, 9.17) is 9.72 Å². The molecule has 0 radical (unpaired) electrons. The van der Waals surface area contributed by atoms with Crippen molar-refractivity contribution in [2.45, 2.75) is 52.8 Å². The molecule has 164 valence electrons. The summed E-state index contributed by atoms with van der Waals surface area (Å²) in [7, 11) is 0. The van der Waals surface area contributed by atoms with Crippen LogP contribution in [0.3, 0.4) is 0 Å². The van der Waals surface area contributed by atoms with Crippen molar-refractivity contribution in [1.29, 1.82) is 0 Å². The number of piperazine rings is 1. The second-order valence-electron chi connectivity index (χ2n) is 9.44. The summed E-state index contributed by atoms with van der Waals surface area (Å²) in [5.74, 6) is 0.956. The van der Waals surface area contributed by atoms with Gasteiger partial charge >= 0.3 is 6.09 Å². The van der Waals surface area contributed by atoms with Crippen LogP contribution in [0.25, 0.3) is 11.0 Å². The first-order chi connectivity index (χ1) is 14.7. The second kappa shape index (κ2) is 8.25. The minimum atomic E-state index is -0.490. The predicted octanol–water partition coefficient (Wildman–Crippen LogP) is 4.84. The van der Waals surface area contributed by atoms with E-state index in [2.05, 4.69) is 65.8 Å². The largest absolute Gasteiger partial charge is 0.444 e. The number of rotatable bonds is 3. The number of carbonyl (C=O) groups is 1. The van der Waals surface area contributed by atoms with Gasteiger partial charge in [-0.3, -0.25) is 0 Å². The molecule has 31 heavy (non-hydrogen) atoms. The van der Waals surface area contributed by atoms with Gasteiger partial charge < -0.3 is 19.1 Å². The summed E-state index contributed by atoms with van der Waals surface area (Å²) in [4.78, 5) is 21.7. The Balaban J connectivity index is 1.60. The second-order valence-corrected chi connectivity index (χ2v) is 9.44. The van der Waals surface area contributed by atoms with Crippen molar-refractivity contribution in [3.63, 3.8) is 0 Å². The lowest BCUT2D eigenvalue weighted by atomic mass is 10.1. The van der Waals surface area contributed by atoms with Crippen molar-refractivity contribution in [2.24, 2.45) is 0 Å². The molecule has 1 aromatic heterocycles. The van der Waals surface area contributed by atoms with Gasteiger partial charge in [-0.25, -0.2) is 9.78 Å². The zero-order valence-corrected chi connectivity index (χ0v) is 19.1. The molecule has 1 aliphatic rings. The molecule has 1 aliphatic heterocycles. The number of aromatic nitrogens is 2.